The molecule has 9 nitrogen and oxygen atoms in total. The summed E-state index contributed by atoms with van der Waals surface area (Å²) in [6, 6.07) is 15.6. The minimum atomic E-state index is -0.634. The van der Waals surface area contributed by atoms with Crippen LogP contribution >= 0.6 is 0 Å². The highest BCUT2D eigenvalue weighted by Gasteiger charge is 2.43. The summed E-state index contributed by atoms with van der Waals surface area (Å²) in [6.45, 7) is 6.20. The first-order valence-electron chi connectivity index (χ1n) is 15.1. The SMILES string of the molecule is C[C@H]1c2cc(O[C@H]3CCN(Cc4ccc5nc(C6CCOCC6)ccc5c4)C3)ccc2C(=O)N1[C@H]1CCC(=O)NC1=O. The summed E-state index contributed by atoms with van der Waals surface area (Å²) in [6.07, 6.45) is 3.66. The largest absolute Gasteiger partial charge is 0.489 e. The van der Waals surface area contributed by atoms with Gasteiger partial charge in [0.15, 0.2) is 0 Å². The maximum absolute atomic E-state index is 13.2. The number of hydrogen-bond acceptors (Lipinski definition) is 7. The molecule has 3 aromatic rings. The van der Waals surface area contributed by atoms with E-state index in [-0.39, 0.29) is 30.4 Å². The number of likely N-dealkylation sites (tertiary alicyclic amines) is 1. The Hall–Kier alpha value is -3.82. The number of nitrogens with zero attached hydrogens (tertiary/aromatic N) is 3. The van der Waals surface area contributed by atoms with Crippen molar-refractivity contribution in [3.8, 4) is 5.75 Å². The van der Waals surface area contributed by atoms with E-state index in [0.717, 1.165) is 68.9 Å². The molecule has 0 unspecified atom stereocenters. The fourth-order valence-electron chi connectivity index (χ4n) is 6.98. The molecule has 3 atom stereocenters. The third kappa shape index (κ3) is 5.16. The summed E-state index contributed by atoms with van der Waals surface area (Å²) in [5, 5.41) is 3.54. The van der Waals surface area contributed by atoms with E-state index in [1.165, 1.54) is 16.6 Å². The molecule has 42 heavy (non-hydrogen) atoms. The molecule has 7 rings (SSSR count). The smallest absolute Gasteiger partial charge is 0.255 e. The molecular formula is C33H36N4O5. The topological polar surface area (TPSA) is 101 Å². The number of carbonyl (C=O) groups excluding carboxylic acids is 3. The lowest BCUT2D eigenvalue weighted by Crippen LogP contribution is -2.53. The quantitative estimate of drug-likeness (QED) is 0.447. The van der Waals surface area contributed by atoms with Gasteiger partial charge >= 0.3 is 0 Å². The van der Waals surface area contributed by atoms with Gasteiger partial charge in [0.25, 0.3) is 5.91 Å². The summed E-state index contributed by atoms with van der Waals surface area (Å²) in [5.74, 6) is 0.373. The van der Waals surface area contributed by atoms with Gasteiger partial charge in [0, 0.05) is 61.8 Å². The number of piperidine rings is 1. The van der Waals surface area contributed by atoms with Crippen molar-refractivity contribution in [2.75, 3.05) is 26.3 Å². The van der Waals surface area contributed by atoms with Crippen LogP contribution in [0.5, 0.6) is 5.75 Å². The number of fused-ring (bicyclic) bond motifs is 2. The van der Waals surface area contributed by atoms with E-state index in [9.17, 15) is 14.4 Å². The first-order chi connectivity index (χ1) is 20.4. The van der Waals surface area contributed by atoms with Gasteiger partial charge in [-0.1, -0.05) is 12.1 Å². The van der Waals surface area contributed by atoms with Crippen LogP contribution < -0.4 is 10.1 Å². The zero-order valence-electron chi connectivity index (χ0n) is 23.9. The molecule has 4 aliphatic rings. The summed E-state index contributed by atoms with van der Waals surface area (Å²) in [7, 11) is 0. The van der Waals surface area contributed by atoms with Crippen LogP contribution in [0.3, 0.4) is 0 Å². The van der Waals surface area contributed by atoms with Crippen LogP contribution in [0.1, 0.15) is 78.2 Å². The number of amides is 3. The molecule has 0 bridgehead atoms. The second-order valence-corrected chi connectivity index (χ2v) is 12.0. The Kier molecular flexibility index (Phi) is 7.15. The highest BCUT2D eigenvalue weighted by atomic mass is 16.5. The molecule has 218 valence electrons. The fraction of sp³-hybridized carbons (Fsp3) is 0.455. The fourth-order valence-corrected chi connectivity index (χ4v) is 6.98. The first-order valence-corrected chi connectivity index (χ1v) is 15.1. The van der Waals surface area contributed by atoms with Crippen LogP contribution in [0.2, 0.25) is 0 Å². The van der Waals surface area contributed by atoms with Gasteiger partial charge in [-0.05, 0) is 80.1 Å². The molecule has 3 saturated heterocycles. The summed E-state index contributed by atoms with van der Waals surface area (Å²) in [4.78, 5) is 46.2. The molecule has 1 aromatic heterocycles. The molecule has 0 radical (unpaired) electrons. The number of hydrogen-bond donors (Lipinski definition) is 1. The van der Waals surface area contributed by atoms with Gasteiger partial charge in [0.2, 0.25) is 11.8 Å². The van der Waals surface area contributed by atoms with Crippen molar-refractivity contribution in [2.24, 2.45) is 0 Å². The molecule has 4 aliphatic heterocycles. The normalized spacial score (nSPS) is 25.2. The molecular weight excluding hydrogens is 532 g/mol. The van der Waals surface area contributed by atoms with E-state index in [0.29, 0.717) is 17.9 Å². The van der Waals surface area contributed by atoms with Crippen molar-refractivity contribution in [1.82, 2.24) is 20.1 Å². The van der Waals surface area contributed by atoms with Gasteiger partial charge < -0.3 is 14.4 Å². The van der Waals surface area contributed by atoms with E-state index >= 15 is 0 Å². The minimum absolute atomic E-state index is 0.0610. The maximum atomic E-state index is 13.2. The van der Waals surface area contributed by atoms with Gasteiger partial charge in [0.1, 0.15) is 17.9 Å². The molecule has 0 aliphatic carbocycles. The molecule has 3 fully saturated rings. The number of benzene rings is 2. The van der Waals surface area contributed by atoms with Crippen molar-refractivity contribution in [2.45, 2.75) is 69.7 Å². The number of rotatable bonds is 6. The monoisotopic (exact) mass is 568 g/mol. The van der Waals surface area contributed by atoms with Gasteiger partial charge in [-0.2, -0.15) is 0 Å². The lowest BCUT2D eigenvalue weighted by Gasteiger charge is -2.32. The van der Waals surface area contributed by atoms with Crippen molar-refractivity contribution >= 4 is 28.6 Å². The van der Waals surface area contributed by atoms with E-state index in [2.05, 4.69) is 40.5 Å². The van der Waals surface area contributed by atoms with Crippen LogP contribution in [0.25, 0.3) is 10.9 Å². The molecule has 2 aromatic carbocycles. The van der Waals surface area contributed by atoms with E-state index in [1.54, 1.807) is 11.0 Å². The van der Waals surface area contributed by atoms with Crippen LogP contribution in [-0.4, -0.2) is 71.0 Å². The van der Waals surface area contributed by atoms with Gasteiger partial charge in [-0.25, -0.2) is 0 Å². The third-order valence-electron chi connectivity index (χ3n) is 9.25. The zero-order chi connectivity index (χ0) is 28.8. The Labute approximate surface area is 245 Å². The minimum Gasteiger partial charge on any atom is -0.489 e. The maximum Gasteiger partial charge on any atom is 0.255 e. The Morgan fingerprint density at radius 2 is 1.86 bits per heavy atom. The predicted molar refractivity (Wildman–Crippen MR) is 156 cm³/mol. The second-order valence-electron chi connectivity index (χ2n) is 12.0. The van der Waals surface area contributed by atoms with E-state index in [4.69, 9.17) is 14.5 Å². The number of pyridine rings is 1. The van der Waals surface area contributed by atoms with Crippen LogP contribution in [0.4, 0.5) is 0 Å². The lowest BCUT2D eigenvalue weighted by atomic mass is 9.95. The zero-order valence-corrected chi connectivity index (χ0v) is 23.9. The molecule has 3 amide bonds. The highest BCUT2D eigenvalue weighted by Crippen LogP contribution is 2.39. The van der Waals surface area contributed by atoms with Crippen molar-refractivity contribution in [1.29, 1.82) is 0 Å². The van der Waals surface area contributed by atoms with Crippen LogP contribution in [0.15, 0.2) is 48.5 Å². The molecule has 1 N–H and O–H groups in total. The average Bonchev–Trinajstić information content (AvgIpc) is 3.54. The summed E-state index contributed by atoms with van der Waals surface area (Å²) < 4.78 is 11.9. The van der Waals surface area contributed by atoms with Gasteiger partial charge in [-0.15, -0.1) is 0 Å². The number of nitrogens with one attached hydrogen (secondary N) is 1. The summed E-state index contributed by atoms with van der Waals surface area (Å²) in [5.41, 5.74) is 4.94. The lowest BCUT2D eigenvalue weighted by molar-refractivity contribution is -0.137. The average molecular weight is 569 g/mol. The van der Waals surface area contributed by atoms with Crippen LogP contribution in [-0.2, 0) is 20.9 Å². The molecule has 0 spiro atoms. The molecule has 9 heteroatoms. The van der Waals surface area contributed by atoms with E-state index < -0.39 is 11.9 Å². The Morgan fingerprint density at radius 3 is 2.69 bits per heavy atom. The molecule has 0 saturated carbocycles. The number of aromatic nitrogens is 1. The standard InChI is InChI=1S/C33H36N4O5/c1-20-27-17-24(4-5-26(27)33(40)37(20)30-8-9-31(38)35-32(30)39)42-25-10-13-36(19-25)18-21-2-6-29-23(16-21)3-7-28(34-29)22-11-14-41-15-12-22/h2-7,16-17,20,22,25,30H,8-15,18-19H2,1H3,(H,35,38,39)/t20-,25-,30-/m0/s1. The highest BCUT2D eigenvalue weighted by molar-refractivity contribution is 6.05. The summed E-state index contributed by atoms with van der Waals surface area (Å²) >= 11 is 0. The Bertz CT molecular complexity index is 1550. The van der Waals surface area contributed by atoms with Gasteiger partial charge in [0.05, 0.1) is 11.6 Å². The van der Waals surface area contributed by atoms with Crippen molar-refractivity contribution in [3.63, 3.8) is 0 Å². The second kappa shape index (κ2) is 11.1. The van der Waals surface area contributed by atoms with E-state index in [1.807, 2.05) is 19.1 Å². The molecule has 5 heterocycles. The first kappa shape index (κ1) is 27.0. The Morgan fingerprint density at radius 1 is 1.00 bits per heavy atom. The number of ether oxygens (including phenoxy) is 2. The van der Waals surface area contributed by atoms with Gasteiger partial charge in [-0.3, -0.25) is 29.6 Å². The third-order valence-corrected chi connectivity index (χ3v) is 9.25. The predicted octanol–water partition coefficient (Wildman–Crippen LogP) is 4.10. The van der Waals surface area contributed by atoms with Crippen LogP contribution in [0, 0.1) is 0 Å². The van der Waals surface area contributed by atoms with Crippen molar-refractivity contribution < 1.29 is 23.9 Å². The van der Waals surface area contributed by atoms with Crippen molar-refractivity contribution in [3.05, 3.63) is 70.9 Å². The number of carbonyl (C=O) groups is 3. The number of imide groups is 1. The Balaban J connectivity index is 0.977.